The van der Waals surface area contributed by atoms with Crippen LogP contribution in [0, 0.1) is 19.7 Å². The minimum atomic E-state index is -0.236. The maximum absolute atomic E-state index is 13.6. The predicted molar refractivity (Wildman–Crippen MR) is 66.6 cm³/mol. The number of hydrogen-bond donors (Lipinski definition) is 1. The third-order valence-electron chi connectivity index (χ3n) is 2.77. The normalized spacial score (nSPS) is 12.5. The third-order valence-corrected chi connectivity index (χ3v) is 2.77. The van der Waals surface area contributed by atoms with Gasteiger partial charge in [-0.2, -0.15) is 0 Å². The largest absolute Gasteiger partial charge is 0.464 e. The summed E-state index contributed by atoms with van der Waals surface area (Å²) >= 11 is 0. The lowest BCUT2D eigenvalue weighted by Crippen LogP contribution is -2.08. The Morgan fingerprint density at radius 1 is 1.18 bits per heavy atom. The van der Waals surface area contributed by atoms with Gasteiger partial charge in [-0.25, -0.2) is 4.39 Å². The van der Waals surface area contributed by atoms with Gasteiger partial charge in [0.1, 0.15) is 17.3 Å². The Balaban J connectivity index is 2.21. The summed E-state index contributed by atoms with van der Waals surface area (Å²) in [6, 6.07) is 8.79. The SMILES string of the molecule is Cc1ccc(C(C)Nc2c(C)cccc2F)o1. The molecule has 0 amide bonds. The monoisotopic (exact) mass is 233 g/mol. The van der Waals surface area contributed by atoms with Crippen molar-refractivity contribution in [3.05, 3.63) is 53.2 Å². The highest BCUT2D eigenvalue weighted by atomic mass is 19.1. The van der Waals surface area contributed by atoms with E-state index >= 15 is 0 Å². The van der Waals surface area contributed by atoms with Crippen LogP contribution >= 0.6 is 0 Å². The predicted octanol–water partition coefficient (Wildman–Crippen LogP) is 4.21. The van der Waals surface area contributed by atoms with E-state index in [4.69, 9.17) is 4.42 Å². The molecule has 1 aromatic heterocycles. The second kappa shape index (κ2) is 4.62. The molecule has 1 heterocycles. The van der Waals surface area contributed by atoms with E-state index in [9.17, 15) is 4.39 Å². The number of para-hydroxylation sites is 1. The van der Waals surface area contributed by atoms with Crippen LogP contribution in [0.5, 0.6) is 0 Å². The first kappa shape index (κ1) is 11.7. The van der Waals surface area contributed by atoms with Gasteiger partial charge >= 0.3 is 0 Å². The molecule has 0 aliphatic heterocycles. The first-order valence-electron chi connectivity index (χ1n) is 5.66. The molecule has 0 spiro atoms. The summed E-state index contributed by atoms with van der Waals surface area (Å²) in [4.78, 5) is 0. The fourth-order valence-corrected chi connectivity index (χ4v) is 1.79. The Labute approximate surface area is 100 Å². The lowest BCUT2D eigenvalue weighted by Gasteiger charge is -2.15. The van der Waals surface area contributed by atoms with E-state index in [-0.39, 0.29) is 11.9 Å². The molecule has 1 N–H and O–H groups in total. The van der Waals surface area contributed by atoms with Gasteiger partial charge in [0.05, 0.1) is 11.7 Å². The summed E-state index contributed by atoms with van der Waals surface area (Å²) in [5.41, 5.74) is 1.43. The lowest BCUT2D eigenvalue weighted by molar-refractivity contribution is 0.466. The zero-order valence-electron chi connectivity index (χ0n) is 10.3. The zero-order chi connectivity index (χ0) is 12.4. The average molecular weight is 233 g/mol. The molecule has 0 bridgehead atoms. The average Bonchev–Trinajstić information content (AvgIpc) is 2.70. The Bertz CT molecular complexity index is 498. The molecule has 0 aliphatic rings. The first-order valence-corrected chi connectivity index (χ1v) is 5.66. The molecule has 1 atom stereocenters. The van der Waals surface area contributed by atoms with Crippen molar-refractivity contribution in [1.29, 1.82) is 0 Å². The Hall–Kier alpha value is -1.77. The Kier molecular flexibility index (Phi) is 3.18. The molecule has 90 valence electrons. The van der Waals surface area contributed by atoms with Crippen LogP contribution in [0.3, 0.4) is 0 Å². The molecule has 17 heavy (non-hydrogen) atoms. The van der Waals surface area contributed by atoms with Gasteiger partial charge in [0.2, 0.25) is 0 Å². The number of benzene rings is 1. The standard InChI is InChI=1S/C14H16FNO/c1-9-5-4-6-12(15)14(9)16-11(3)13-8-7-10(2)17-13/h4-8,11,16H,1-3H3. The van der Waals surface area contributed by atoms with Gasteiger partial charge in [-0.15, -0.1) is 0 Å². The number of rotatable bonds is 3. The fourth-order valence-electron chi connectivity index (χ4n) is 1.79. The molecule has 0 saturated heterocycles. The molecular weight excluding hydrogens is 217 g/mol. The Morgan fingerprint density at radius 2 is 1.94 bits per heavy atom. The number of nitrogens with one attached hydrogen (secondary N) is 1. The van der Waals surface area contributed by atoms with Crippen molar-refractivity contribution < 1.29 is 8.81 Å². The molecule has 2 nitrogen and oxygen atoms in total. The minimum Gasteiger partial charge on any atom is -0.464 e. The van der Waals surface area contributed by atoms with E-state index in [1.54, 1.807) is 6.07 Å². The summed E-state index contributed by atoms with van der Waals surface area (Å²) in [5, 5.41) is 3.14. The van der Waals surface area contributed by atoms with Gasteiger partial charge in [-0.05, 0) is 44.5 Å². The number of hydrogen-bond acceptors (Lipinski definition) is 2. The van der Waals surface area contributed by atoms with Crippen LogP contribution < -0.4 is 5.32 Å². The van der Waals surface area contributed by atoms with E-state index in [2.05, 4.69) is 5.32 Å². The molecule has 0 aliphatic carbocycles. The summed E-state index contributed by atoms with van der Waals surface area (Å²) in [6.07, 6.45) is 0. The molecule has 0 radical (unpaired) electrons. The van der Waals surface area contributed by atoms with Gasteiger partial charge < -0.3 is 9.73 Å². The molecule has 0 saturated carbocycles. The van der Waals surface area contributed by atoms with Gasteiger partial charge in [-0.3, -0.25) is 0 Å². The maximum Gasteiger partial charge on any atom is 0.146 e. The van der Waals surface area contributed by atoms with Crippen molar-refractivity contribution >= 4 is 5.69 Å². The van der Waals surface area contributed by atoms with Crippen molar-refractivity contribution in [2.45, 2.75) is 26.8 Å². The van der Waals surface area contributed by atoms with Gasteiger partial charge in [0.25, 0.3) is 0 Å². The van der Waals surface area contributed by atoms with Crippen LogP contribution in [0.2, 0.25) is 0 Å². The minimum absolute atomic E-state index is 0.0562. The second-order valence-electron chi connectivity index (χ2n) is 4.25. The highest BCUT2D eigenvalue weighted by Gasteiger charge is 2.12. The Morgan fingerprint density at radius 3 is 2.53 bits per heavy atom. The zero-order valence-corrected chi connectivity index (χ0v) is 10.3. The van der Waals surface area contributed by atoms with E-state index in [1.807, 2.05) is 39.0 Å². The van der Waals surface area contributed by atoms with Crippen molar-refractivity contribution in [1.82, 2.24) is 0 Å². The number of anilines is 1. The van der Waals surface area contributed by atoms with E-state index in [0.29, 0.717) is 5.69 Å². The number of aryl methyl sites for hydroxylation is 2. The highest BCUT2D eigenvalue weighted by Crippen LogP contribution is 2.25. The topological polar surface area (TPSA) is 25.2 Å². The smallest absolute Gasteiger partial charge is 0.146 e. The van der Waals surface area contributed by atoms with E-state index < -0.39 is 0 Å². The fraction of sp³-hybridized carbons (Fsp3) is 0.286. The number of furan rings is 1. The molecule has 2 aromatic rings. The molecular formula is C14H16FNO. The molecule has 1 unspecified atom stereocenters. The molecule has 3 heteroatoms. The van der Waals surface area contributed by atoms with Crippen molar-refractivity contribution in [3.8, 4) is 0 Å². The third kappa shape index (κ3) is 2.49. The maximum atomic E-state index is 13.6. The van der Waals surface area contributed by atoms with E-state index in [1.165, 1.54) is 6.07 Å². The van der Waals surface area contributed by atoms with Gasteiger partial charge in [0, 0.05) is 0 Å². The van der Waals surface area contributed by atoms with Crippen LogP contribution in [0.4, 0.5) is 10.1 Å². The molecule has 0 fully saturated rings. The van der Waals surface area contributed by atoms with Crippen LogP contribution in [0.15, 0.2) is 34.7 Å². The van der Waals surface area contributed by atoms with Crippen molar-refractivity contribution in [2.24, 2.45) is 0 Å². The van der Waals surface area contributed by atoms with Crippen LogP contribution in [0.25, 0.3) is 0 Å². The van der Waals surface area contributed by atoms with Gasteiger partial charge in [0.15, 0.2) is 0 Å². The summed E-state index contributed by atoms with van der Waals surface area (Å²) in [6.45, 7) is 5.72. The second-order valence-corrected chi connectivity index (χ2v) is 4.25. The first-order chi connectivity index (χ1) is 8.08. The van der Waals surface area contributed by atoms with Crippen molar-refractivity contribution in [3.63, 3.8) is 0 Å². The van der Waals surface area contributed by atoms with E-state index in [0.717, 1.165) is 17.1 Å². The van der Waals surface area contributed by atoms with Crippen molar-refractivity contribution in [2.75, 3.05) is 5.32 Å². The molecule has 1 aromatic carbocycles. The quantitative estimate of drug-likeness (QED) is 0.859. The summed E-state index contributed by atoms with van der Waals surface area (Å²) in [5.74, 6) is 1.43. The summed E-state index contributed by atoms with van der Waals surface area (Å²) in [7, 11) is 0. The lowest BCUT2D eigenvalue weighted by atomic mass is 10.1. The summed E-state index contributed by atoms with van der Waals surface area (Å²) < 4.78 is 19.2. The van der Waals surface area contributed by atoms with Crippen LogP contribution in [0.1, 0.15) is 30.0 Å². The highest BCUT2D eigenvalue weighted by molar-refractivity contribution is 5.52. The van der Waals surface area contributed by atoms with Crippen LogP contribution in [-0.2, 0) is 0 Å². The van der Waals surface area contributed by atoms with Crippen LogP contribution in [-0.4, -0.2) is 0 Å². The molecule has 2 rings (SSSR count). The van der Waals surface area contributed by atoms with Gasteiger partial charge in [-0.1, -0.05) is 12.1 Å². The number of halogens is 1.